The van der Waals surface area contributed by atoms with Crippen molar-refractivity contribution in [1.29, 1.82) is 0 Å². The van der Waals surface area contributed by atoms with Crippen molar-refractivity contribution in [3.8, 4) is 17.2 Å². The Bertz CT molecular complexity index is 2190. The van der Waals surface area contributed by atoms with E-state index < -0.39 is 0 Å². The van der Waals surface area contributed by atoms with Crippen LogP contribution in [0.1, 0.15) is 83.1 Å². The fraction of sp³-hybridized carbons (Fsp3) is 0.448. The third-order valence-electron chi connectivity index (χ3n) is 12.5. The van der Waals surface area contributed by atoms with E-state index in [1.54, 1.807) is 7.11 Å². The molecule has 5 aromatic rings. The molecule has 69 heavy (non-hydrogen) atoms. The van der Waals surface area contributed by atoms with Crippen LogP contribution in [0.4, 0.5) is 0 Å². The summed E-state index contributed by atoms with van der Waals surface area (Å²) in [4.78, 5) is 29.2. The lowest BCUT2D eigenvalue weighted by molar-refractivity contribution is -0.131. The van der Waals surface area contributed by atoms with Crippen molar-refractivity contribution in [3.63, 3.8) is 0 Å². The van der Waals surface area contributed by atoms with E-state index in [4.69, 9.17) is 14.2 Å². The summed E-state index contributed by atoms with van der Waals surface area (Å²) in [6.07, 6.45) is 14.1. The molecule has 0 amide bonds. The molecule has 370 valence electrons. The number of benzene rings is 5. The van der Waals surface area contributed by atoms with E-state index in [1.165, 1.54) is 141 Å². The van der Waals surface area contributed by atoms with Crippen molar-refractivity contribution in [3.05, 3.63) is 133 Å². The van der Waals surface area contributed by atoms with Gasteiger partial charge in [-0.25, -0.2) is 0 Å². The zero-order valence-corrected chi connectivity index (χ0v) is 45.5. The fourth-order valence-corrected chi connectivity index (χ4v) is 19.8. The number of phenolic OH excluding ortho intramolecular Hbond substituents is 1. The standard InChI is InChI=1S/C13H17O2S.C12H17OS.C12H16OS.C11H13OS.C10H13OS/c1-11(14)15-12-5-7-13(8-6-12)16-9-3-2-4-10-16;1-13-11-5-7-12(8-6-11)14-9-3-2-4-10-14;1-10-9-11(13)5-6-12(10)14-7-3-2-4-8-14;12-10-6-8-13(9-7-10)11-4-2-1-3-5-11;1-2-4-10(5-3-1)12-8-6-11-7-9-12/h5-8H,2-4,9-10H2,1H3;5-8H,2-4,9-10H2,1H3;5-6,9H,2-4,7-8H2,1H3;1-5H,6-9H2;1-5H,6-9H2/q2*+1;;2*+1/p+1. The number of rotatable bonds is 7. The monoisotopic (exact) mass is 1030 g/mol. The average Bonchev–Trinajstić information content (AvgIpc) is 3.41. The number of Topliss-reactive ketones (excluding diaryl/α,β-unsaturated/α-hetero) is 1. The number of phenols is 1. The van der Waals surface area contributed by atoms with Crippen LogP contribution in [0.3, 0.4) is 0 Å². The van der Waals surface area contributed by atoms with Gasteiger partial charge < -0.3 is 19.3 Å². The largest absolute Gasteiger partial charge is 0.508 e. The van der Waals surface area contributed by atoms with Gasteiger partial charge in [-0.1, -0.05) is 36.4 Å². The lowest BCUT2D eigenvalue weighted by Gasteiger charge is -2.14. The highest BCUT2D eigenvalue weighted by atomic mass is 32.2. The first-order valence-corrected chi connectivity index (χ1v) is 32.9. The van der Waals surface area contributed by atoms with Crippen LogP contribution in [0.2, 0.25) is 0 Å². The summed E-state index contributed by atoms with van der Waals surface area (Å²) in [5.41, 5.74) is 1.26. The number of carbonyl (C=O) groups excluding carboxylic acids is 2. The maximum atomic E-state index is 11.0. The second-order valence-corrected chi connectivity index (χ2v) is 29.0. The van der Waals surface area contributed by atoms with Gasteiger partial charge in [-0.3, -0.25) is 9.59 Å². The number of methoxy groups -OCH3 is 1. The molecule has 0 atom stereocenters. The third kappa shape index (κ3) is 19.6. The van der Waals surface area contributed by atoms with Gasteiger partial charge in [0.25, 0.3) is 0 Å². The molecular formula is C58H77O6S5+5. The maximum absolute atomic E-state index is 11.0. The Balaban J connectivity index is 0.000000142. The first-order chi connectivity index (χ1) is 33.7. The number of hydrogen-bond acceptors (Lipinski definition) is 6. The minimum Gasteiger partial charge on any atom is -0.508 e. The number of aromatic hydroxyl groups is 1. The Morgan fingerprint density at radius 3 is 1.33 bits per heavy atom. The van der Waals surface area contributed by atoms with Gasteiger partial charge in [-0.15, -0.1) is 0 Å². The molecule has 0 bridgehead atoms. The molecule has 1 N–H and O–H groups in total. The van der Waals surface area contributed by atoms with Crippen LogP contribution in [-0.2, 0) is 68.8 Å². The smallest absolute Gasteiger partial charge is 0.308 e. The molecule has 5 fully saturated rings. The molecule has 5 heterocycles. The highest BCUT2D eigenvalue weighted by Crippen LogP contribution is 2.28. The van der Waals surface area contributed by atoms with Crippen LogP contribution in [0.15, 0.2) is 152 Å². The van der Waals surface area contributed by atoms with Crippen molar-refractivity contribution in [1.82, 2.24) is 0 Å². The van der Waals surface area contributed by atoms with E-state index in [9.17, 15) is 14.7 Å². The van der Waals surface area contributed by atoms with Crippen molar-refractivity contribution >= 4 is 66.2 Å². The summed E-state index contributed by atoms with van der Waals surface area (Å²) in [5, 5.41) is 9.34. The van der Waals surface area contributed by atoms with Crippen molar-refractivity contribution in [2.45, 2.75) is 109 Å². The predicted molar refractivity (Wildman–Crippen MR) is 300 cm³/mol. The number of esters is 1. The van der Waals surface area contributed by atoms with Gasteiger partial charge in [0, 0.05) is 67.0 Å². The Hall–Kier alpha value is -3.45. The second kappa shape index (κ2) is 31.1. The quantitative estimate of drug-likeness (QED) is 0.0994. The van der Waals surface area contributed by atoms with Crippen LogP contribution in [0.25, 0.3) is 0 Å². The Kier molecular flexibility index (Phi) is 24.7. The predicted octanol–water partition coefficient (Wildman–Crippen LogP) is 12.2. The lowest BCUT2D eigenvalue weighted by atomic mass is 10.2. The molecule has 5 saturated heterocycles. The topological polar surface area (TPSA) is 82.1 Å². The number of hydrogen-bond donors (Lipinski definition) is 1. The van der Waals surface area contributed by atoms with Crippen molar-refractivity contribution in [2.24, 2.45) is 0 Å². The van der Waals surface area contributed by atoms with Crippen LogP contribution in [0, 0.1) is 6.92 Å². The molecule has 0 spiro atoms. The van der Waals surface area contributed by atoms with E-state index in [1.807, 2.05) is 30.3 Å². The number of aryl methyl sites for hydroxylation is 1. The van der Waals surface area contributed by atoms with Gasteiger partial charge in [0.2, 0.25) is 0 Å². The zero-order valence-electron chi connectivity index (χ0n) is 41.4. The van der Waals surface area contributed by atoms with Gasteiger partial charge in [0.05, 0.1) is 33.2 Å². The van der Waals surface area contributed by atoms with E-state index in [0.717, 1.165) is 43.3 Å². The maximum Gasteiger partial charge on any atom is 0.308 e. The molecule has 6 nitrogen and oxygen atoms in total. The summed E-state index contributed by atoms with van der Waals surface area (Å²) in [6.45, 7) is 5.42. The Morgan fingerprint density at radius 1 is 0.493 bits per heavy atom. The minimum atomic E-state index is -0.257. The summed E-state index contributed by atoms with van der Waals surface area (Å²) in [6, 6.07) is 43.8. The van der Waals surface area contributed by atoms with Crippen LogP contribution >= 0.6 is 0 Å². The molecule has 5 aliphatic rings. The van der Waals surface area contributed by atoms with E-state index in [0.29, 0.717) is 71.8 Å². The van der Waals surface area contributed by atoms with Gasteiger partial charge in [-0.2, -0.15) is 0 Å². The van der Waals surface area contributed by atoms with Gasteiger partial charge >= 0.3 is 5.97 Å². The molecule has 0 aliphatic carbocycles. The highest BCUT2D eigenvalue weighted by Gasteiger charge is 2.30. The van der Waals surface area contributed by atoms with Crippen LogP contribution in [-0.4, -0.2) is 94.7 Å². The number of ketones is 1. The van der Waals surface area contributed by atoms with E-state index in [-0.39, 0.29) is 5.97 Å². The normalized spacial score (nSPS) is 18.3. The number of ether oxygens (including phenoxy) is 3. The Morgan fingerprint density at radius 2 is 0.899 bits per heavy atom. The van der Waals surface area contributed by atoms with Gasteiger partial charge in [0.15, 0.2) is 24.5 Å². The van der Waals surface area contributed by atoms with E-state index >= 15 is 0 Å². The highest BCUT2D eigenvalue weighted by molar-refractivity contribution is 7.98. The zero-order chi connectivity index (χ0) is 48.5. The third-order valence-corrected chi connectivity index (χ3v) is 24.7. The molecule has 0 radical (unpaired) electrons. The molecular weight excluding hydrogens is 953 g/mol. The first kappa shape index (κ1) is 54.9. The summed E-state index contributed by atoms with van der Waals surface area (Å²) in [7, 11) is 3.96. The first-order valence-electron chi connectivity index (χ1n) is 25.0. The van der Waals surface area contributed by atoms with Gasteiger partial charge in [-0.05, 0) is 156 Å². The fourth-order valence-electron chi connectivity index (χ4n) is 8.70. The lowest BCUT2D eigenvalue weighted by Crippen LogP contribution is -2.26. The molecule has 5 aliphatic heterocycles. The van der Waals surface area contributed by atoms with E-state index in [2.05, 4.69) is 104 Å². The average molecular weight is 1030 g/mol. The van der Waals surface area contributed by atoms with Gasteiger partial charge in [0.1, 0.15) is 80.6 Å². The van der Waals surface area contributed by atoms with Crippen LogP contribution in [0.5, 0.6) is 17.2 Å². The van der Waals surface area contributed by atoms with Crippen molar-refractivity contribution < 1.29 is 28.9 Å². The molecule has 5 aromatic carbocycles. The molecule has 0 unspecified atom stereocenters. The summed E-state index contributed by atoms with van der Waals surface area (Å²) in [5.74, 6) is 14.9. The molecule has 0 saturated carbocycles. The Labute approximate surface area is 429 Å². The van der Waals surface area contributed by atoms with Crippen LogP contribution < -0.4 is 9.47 Å². The van der Waals surface area contributed by atoms with Crippen molar-refractivity contribution in [2.75, 3.05) is 77.9 Å². The molecule has 11 heteroatoms. The SMILES string of the molecule is CC(=O)Oc1ccc([S+]2CCCCC2)cc1.COc1ccc([S+]2CCCCC2)cc1.Cc1cc(O)ccc1[S+]1CCCCC1.O=C1CC[S+](c2ccccc2)CC1.c1ccc([S+]2CCOCC2)cc1. The molecule has 10 rings (SSSR count). The number of carbonyl (C=O) groups is 2. The second-order valence-electron chi connectivity index (χ2n) is 17.7. The summed E-state index contributed by atoms with van der Waals surface area (Å²) >= 11 is 0. The minimum absolute atomic E-state index is 0.257. The molecule has 0 aromatic heterocycles. The summed E-state index contributed by atoms with van der Waals surface area (Å²) < 4.78 is 15.5.